The van der Waals surface area contributed by atoms with Gasteiger partial charge in [0.2, 0.25) is 0 Å². The van der Waals surface area contributed by atoms with E-state index in [4.69, 9.17) is 16.3 Å². The highest BCUT2D eigenvalue weighted by atomic mass is 35.5. The SMILES string of the molecule is O=C(OCc1ccccc1)C1CCc2c(c3ccccc3n2C(=O)c2cccc(Cl)c2)C1. The first-order chi connectivity index (χ1) is 15.6. The molecule has 1 aliphatic rings. The topological polar surface area (TPSA) is 48.3 Å². The molecule has 5 heteroatoms. The molecule has 0 amide bonds. The molecule has 32 heavy (non-hydrogen) atoms. The van der Waals surface area contributed by atoms with Crippen molar-refractivity contribution in [1.29, 1.82) is 0 Å². The summed E-state index contributed by atoms with van der Waals surface area (Å²) in [5.41, 5.74) is 4.42. The van der Waals surface area contributed by atoms with Gasteiger partial charge in [0.05, 0.1) is 11.4 Å². The second-order valence-electron chi connectivity index (χ2n) is 8.13. The van der Waals surface area contributed by atoms with Gasteiger partial charge in [-0.2, -0.15) is 0 Å². The molecule has 0 bridgehead atoms. The molecule has 1 heterocycles. The first-order valence-corrected chi connectivity index (χ1v) is 11.1. The van der Waals surface area contributed by atoms with Crippen LogP contribution in [0.4, 0.5) is 0 Å². The number of hydrogen-bond donors (Lipinski definition) is 0. The van der Waals surface area contributed by atoms with E-state index in [0.717, 1.165) is 27.7 Å². The second kappa shape index (κ2) is 8.64. The van der Waals surface area contributed by atoms with E-state index in [-0.39, 0.29) is 24.4 Å². The predicted molar refractivity (Wildman–Crippen MR) is 125 cm³/mol. The van der Waals surface area contributed by atoms with Crippen LogP contribution >= 0.6 is 11.6 Å². The standard InChI is InChI=1S/C27H22ClNO3/c28-21-10-6-9-19(15-21)26(30)29-24-12-5-4-11-22(24)23-16-20(13-14-25(23)29)27(31)32-17-18-7-2-1-3-8-18/h1-12,15,20H,13-14,16-17H2. The molecule has 1 unspecified atom stereocenters. The Bertz CT molecular complexity index is 1310. The fraction of sp³-hybridized carbons (Fsp3) is 0.185. The molecule has 0 N–H and O–H groups in total. The van der Waals surface area contributed by atoms with Gasteiger partial charge in [0, 0.05) is 21.7 Å². The van der Waals surface area contributed by atoms with Crippen LogP contribution in [0.3, 0.4) is 0 Å². The number of fused-ring (bicyclic) bond motifs is 3. The van der Waals surface area contributed by atoms with Crippen molar-refractivity contribution in [3.8, 4) is 0 Å². The minimum absolute atomic E-state index is 0.102. The van der Waals surface area contributed by atoms with E-state index in [2.05, 4.69) is 0 Å². The maximum absolute atomic E-state index is 13.4. The van der Waals surface area contributed by atoms with Gasteiger partial charge in [-0.05, 0) is 54.7 Å². The molecule has 0 aliphatic heterocycles. The Hall–Kier alpha value is -3.37. The number of hydrogen-bond acceptors (Lipinski definition) is 3. The van der Waals surface area contributed by atoms with E-state index in [1.807, 2.05) is 54.6 Å². The molecule has 0 saturated heterocycles. The zero-order valence-electron chi connectivity index (χ0n) is 17.5. The van der Waals surface area contributed by atoms with Gasteiger partial charge in [-0.3, -0.25) is 14.2 Å². The van der Waals surface area contributed by atoms with E-state index in [9.17, 15) is 9.59 Å². The highest BCUT2D eigenvalue weighted by molar-refractivity contribution is 6.31. The first-order valence-electron chi connectivity index (χ1n) is 10.7. The average Bonchev–Trinajstić information content (AvgIpc) is 3.16. The van der Waals surface area contributed by atoms with Crippen molar-refractivity contribution in [2.24, 2.45) is 5.92 Å². The van der Waals surface area contributed by atoms with E-state index in [1.165, 1.54) is 0 Å². The third kappa shape index (κ3) is 3.82. The van der Waals surface area contributed by atoms with Crippen LogP contribution in [0.15, 0.2) is 78.9 Å². The molecular weight excluding hydrogens is 422 g/mol. The van der Waals surface area contributed by atoms with Crippen molar-refractivity contribution in [2.75, 3.05) is 0 Å². The monoisotopic (exact) mass is 443 g/mol. The number of halogens is 1. The number of aromatic nitrogens is 1. The number of nitrogens with zero attached hydrogens (tertiary/aromatic N) is 1. The van der Waals surface area contributed by atoms with Crippen LogP contribution < -0.4 is 0 Å². The van der Waals surface area contributed by atoms with E-state index >= 15 is 0 Å². The van der Waals surface area contributed by atoms with Gasteiger partial charge in [-0.1, -0.05) is 66.2 Å². The van der Waals surface area contributed by atoms with Crippen LogP contribution in [0.1, 0.15) is 33.6 Å². The summed E-state index contributed by atoms with van der Waals surface area (Å²) in [6.07, 6.45) is 1.86. The van der Waals surface area contributed by atoms with Gasteiger partial charge in [-0.25, -0.2) is 0 Å². The lowest BCUT2D eigenvalue weighted by atomic mass is 9.86. The molecule has 3 aromatic carbocycles. The van der Waals surface area contributed by atoms with Gasteiger partial charge < -0.3 is 4.74 Å². The fourth-order valence-electron chi connectivity index (χ4n) is 4.54. The summed E-state index contributed by atoms with van der Waals surface area (Å²) in [5.74, 6) is -0.501. The predicted octanol–water partition coefficient (Wildman–Crippen LogP) is 5.83. The Morgan fingerprint density at radius 2 is 1.75 bits per heavy atom. The Morgan fingerprint density at radius 1 is 0.969 bits per heavy atom. The molecule has 4 aromatic rings. The normalized spacial score (nSPS) is 15.3. The van der Waals surface area contributed by atoms with Crippen LogP contribution in [-0.4, -0.2) is 16.4 Å². The molecule has 5 rings (SSSR count). The van der Waals surface area contributed by atoms with Crippen molar-refractivity contribution in [3.63, 3.8) is 0 Å². The van der Waals surface area contributed by atoms with Gasteiger partial charge in [0.15, 0.2) is 0 Å². The summed E-state index contributed by atoms with van der Waals surface area (Å²) < 4.78 is 7.40. The van der Waals surface area contributed by atoms with E-state index in [1.54, 1.807) is 28.8 Å². The third-order valence-electron chi connectivity index (χ3n) is 6.10. The number of para-hydroxylation sites is 1. The van der Waals surface area contributed by atoms with Crippen molar-refractivity contribution >= 4 is 34.4 Å². The number of carbonyl (C=O) groups is 2. The average molecular weight is 444 g/mol. The molecule has 160 valence electrons. The van der Waals surface area contributed by atoms with E-state index < -0.39 is 0 Å². The van der Waals surface area contributed by atoms with Crippen LogP contribution in [0.25, 0.3) is 10.9 Å². The van der Waals surface area contributed by atoms with Gasteiger partial charge in [-0.15, -0.1) is 0 Å². The summed E-state index contributed by atoms with van der Waals surface area (Å²) in [6, 6.07) is 24.6. The first kappa shape index (κ1) is 20.5. The Morgan fingerprint density at radius 3 is 2.56 bits per heavy atom. The van der Waals surface area contributed by atoms with Crippen LogP contribution in [-0.2, 0) is 29.0 Å². The molecule has 1 atom stereocenters. The lowest BCUT2D eigenvalue weighted by Gasteiger charge is -2.22. The number of benzene rings is 3. The van der Waals surface area contributed by atoms with Gasteiger partial charge in [0.1, 0.15) is 6.61 Å². The summed E-state index contributed by atoms with van der Waals surface area (Å²) in [5, 5.41) is 1.54. The van der Waals surface area contributed by atoms with Crippen molar-refractivity contribution < 1.29 is 14.3 Å². The molecule has 0 saturated carbocycles. The summed E-state index contributed by atoms with van der Waals surface area (Å²) in [6.45, 7) is 0.276. The van der Waals surface area contributed by atoms with Crippen molar-refractivity contribution in [2.45, 2.75) is 25.9 Å². The van der Waals surface area contributed by atoms with Crippen LogP contribution in [0, 0.1) is 5.92 Å². The second-order valence-corrected chi connectivity index (χ2v) is 8.56. The summed E-state index contributed by atoms with van der Waals surface area (Å²) in [4.78, 5) is 26.2. The Kier molecular flexibility index (Phi) is 5.54. The minimum atomic E-state index is -0.216. The number of ether oxygens (including phenoxy) is 1. The Labute approximate surface area is 191 Å². The largest absolute Gasteiger partial charge is 0.461 e. The fourth-order valence-corrected chi connectivity index (χ4v) is 4.73. The lowest BCUT2D eigenvalue weighted by molar-refractivity contribution is -0.150. The van der Waals surface area contributed by atoms with Crippen molar-refractivity contribution in [3.05, 3.63) is 106 Å². The molecule has 0 fully saturated rings. The maximum Gasteiger partial charge on any atom is 0.309 e. The zero-order valence-corrected chi connectivity index (χ0v) is 18.2. The summed E-state index contributed by atoms with van der Waals surface area (Å²) in [7, 11) is 0. The molecule has 1 aliphatic carbocycles. The number of esters is 1. The van der Waals surface area contributed by atoms with Gasteiger partial charge in [0.25, 0.3) is 5.91 Å². The molecule has 4 nitrogen and oxygen atoms in total. The van der Waals surface area contributed by atoms with E-state index in [0.29, 0.717) is 29.8 Å². The molecule has 0 radical (unpaired) electrons. The number of rotatable bonds is 4. The number of carbonyl (C=O) groups excluding carboxylic acids is 2. The molecule has 1 aromatic heterocycles. The van der Waals surface area contributed by atoms with Crippen molar-refractivity contribution in [1.82, 2.24) is 4.57 Å². The summed E-state index contributed by atoms with van der Waals surface area (Å²) >= 11 is 6.13. The highest BCUT2D eigenvalue weighted by Gasteiger charge is 2.32. The third-order valence-corrected chi connectivity index (χ3v) is 6.34. The molecular formula is C27H22ClNO3. The quantitative estimate of drug-likeness (QED) is 0.373. The minimum Gasteiger partial charge on any atom is -0.461 e. The maximum atomic E-state index is 13.4. The smallest absolute Gasteiger partial charge is 0.309 e. The van der Waals surface area contributed by atoms with Crippen LogP contribution in [0.2, 0.25) is 5.02 Å². The zero-order chi connectivity index (χ0) is 22.1. The molecule has 0 spiro atoms. The lowest BCUT2D eigenvalue weighted by Crippen LogP contribution is -2.26. The van der Waals surface area contributed by atoms with Gasteiger partial charge >= 0.3 is 5.97 Å². The Balaban J connectivity index is 1.45. The van der Waals surface area contributed by atoms with Crippen LogP contribution in [0.5, 0.6) is 0 Å². The highest BCUT2D eigenvalue weighted by Crippen LogP contribution is 2.35.